The molecule has 0 bridgehead atoms. The van der Waals surface area contributed by atoms with Gasteiger partial charge in [0.25, 0.3) is 0 Å². The summed E-state index contributed by atoms with van der Waals surface area (Å²) in [5.74, 6) is -3.93. The second-order valence-electron chi connectivity index (χ2n) is 3.65. The smallest absolute Gasteiger partial charge is 0.194 e. The highest BCUT2D eigenvalue weighted by Crippen LogP contribution is 2.23. The largest absolute Gasteiger partial charge is 0.308 e. The molecule has 0 fully saturated rings. The first-order valence-corrected chi connectivity index (χ1v) is 5.21. The SMILES string of the molecule is CNC(c1cc(F)c(F)c(F)c1)c1cnccn1. The van der Waals surface area contributed by atoms with Crippen LogP contribution >= 0.6 is 0 Å². The van der Waals surface area contributed by atoms with E-state index in [1.807, 2.05) is 0 Å². The van der Waals surface area contributed by atoms with E-state index in [0.29, 0.717) is 5.69 Å². The van der Waals surface area contributed by atoms with Gasteiger partial charge in [0.15, 0.2) is 17.5 Å². The van der Waals surface area contributed by atoms with E-state index in [1.165, 1.54) is 18.6 Å². The van der Waals surface area contributed by atoms with Gasteiger partial charge in [0, 0.05) is 12.4 Å². The summed E-state index contributed by atoms with van der Waals surface area (Å²) in [6.07, 6.45) is 4.43. The predicted octanol–water partition coefficient (Wildman–Crippen LogP) is 2.20. The predicted molar refractivity (Wildman–Crippen MR) is 59.3 cm³/mol. The van der Waals surface area contributed by atoms with Gasteiger partial charge >= 0.3 is 0 Å². The fourth-order valence-electron chi connectivity index (χ4n) is 1.69. The minimum absolute atomic E-state index is 0.245. The summed E-state index contributed by atoms with van der Waals surface area (Å²) in [5, 5.41) is 2.85. The van der Waals surface area contributed by atoms with Crippen molar-refractivity contribution in [2.45, 2.75) is 6.04 Å². The summed E-state index contributed by atoms with van der Waals surface area (Å²) in [6, 6.07) is 1.32. The van der Waals surface area contributed by atoms with Crippen LogP contribution in [0, 0.1) is 17.5 Å². The number of hydrogen-bond acceptors (Lipinski definition) is 3. The van der Waals surface area contributed by atoms with Crippen molar-refractivity contribution >= 4 is 0 Å². The Morgan fingerprint density at radius 3 is 2.28 bits per heavy atom. The first kappa shape index (κ1) is 12.5. The maximum Gasteiger partial charge on any atom is 0.194 e. The van der Waals surface area contributed by atoms with E-state index in [-0.39, 0.29) is 5.56 Å². The van der Waals surface area contributed by atoms with E-state index in [4.69, 9.17) is 0 Å². The molecule has 0 aliphatic heterocycles. The van der Waals surface area contributed by atoms with Crippen LogP contribution in [0.1, 0.15) is 17.3 Å². The van der Waals surface area contributed by atoms with Gasteiger partial charge in [-0.25, -0.2) is 13.2 Å². The molecule has 3 nitrogen and oxygen atoms in total. The second-order valence-corrected chi connectivity index (χ2v) is 3.65. The standard InChI is InChI=1S/C12H10F3N3/c1-16-12(10-6-17-2-3-18-10)7-4-8(13)11(15)9(14)5-7/h2-6,12,16H,1H3. The molecule has 2 aromatic rings. The number of benzene rings is 1. The van der Waals surface area contributed by atoms with Crippen molar-refractivity contribution in [3.8, 4) is 0 Å². The molecule has 0 aliphatic rings. The highest BCUT2D eigenvalue weighted by atomic mass is 19.2. The summed E-state index contributed by atoms with van der Waals surface area (Å²) in [4.78, 5) is 7.92. The van der Waals surface area contributed by atoms with Crippen molar-refractivity contribution in [2.75, 3.05) is 7.05 Å². The van der Waals surface area contributed by atoms with Gasteiger partial charge in [-0.1, -0.05) is 0 Å². The lowest BCUT2D eigenvalue weighted by atomic mass is 10.0. The van der Waals surface area contributed by atoms with E-state index < -0.39 is 23.5 Å². The Kier molecular flexibility index (Phi) is 3.57. The topological polar surface area (TPSA) is 37.8 Å². The average molecular weight is 253 g/mol. The van der Waals surface area contributed by atoms with Crippen molar-refractivity contribution in [1.29, 1.82) is 0 Å². The van der Waals surface area contributed by atoms with Crippen molar-refractivity contribution in [2.24, 2.45) is 0 Å². The molecule has 1 atom stereocenters. The highest BCUT2D eigenvalue weighted by Gasteiger charge is 2.18. The molecular formula is C12H10F3N3. The van der Waals surface area contributed by atoms with E-state index in [9.17, 15) is 13.2 Å². The van der Waals surface area contributed by atoms with E-state index in [0.717, 1.165) is 12.1 Å². The van der Waals surface area contributed by atoms with Gasteiger partial charge in [-0.2, -0.15) is 0 Å². The van der Waals surface area contributed by atoms with Crippen LogP contribution in [0.5, 0.6) is 0 Å². The quantitative estimate of drug-likeness (QED) is 0.852. The Balaban J connectivity index is 2.46. The zero-order chi connectivity index (χ0) is 13.1. The van der Waals surface area contributed by atoms with Crippen LogP contribution in [0.25, 0.3) is 0 Å². The van der Waals surface area contributed by atoms with Crippen molar-refractivity contribution in [1.82, 2.24) is 15.3 Å². The third-order valence-electron chi connectivity index (χ3n) is 2.51. The fourth-order valence-corrected chi connectivity index (χ4v) is 1.69. The molecule has 2 rings (SSSR count). The van der Waals surface area contributed by atoms with Crippen LogP contribution < -0.4 is 5.32 Å². The van der Waals surface area contributed by atoms with Crippen LogP contribution in [0.3, 0.4) is 0 Å². The van der Waals surface area contributed by atoms with Gasteiger partial charge in [0.05, 0.1) is 17.9 Å². The number of rotatable bonds is 3. The summed E-state index contributed by atoms with van der Waals surface area (Å²) >= 11 is 0. The third kappa shape index (κ3) is 2.33. The molecular weight excluding hydrogens is 243 g/mol. The molecule has 1 heterocycles. The Bertz CT molecular complexity index is 523. The maximum atomic E-state index is 13.2. The molecule has 1 N–H and O–H groups in total. The molecule has 94 valence electrons. The maximum absolute atomic E-state index is 13.2. The third-order valence-corrected chi connectivity index (χ3v) is 2.51. The number of nitrogens with one attached hydrogen (secondary N) is 1. The highest BCUT2D eigenvalue weighted by molar-refractivity contribution is 5.28. The Morgan fingerprint density at radius 1 is 1.11 bits per heavy atom. The molecule has 0 saturated carbocycles. The Labute approximate surface area is 102 Å². The molecule has 0 spiro atoms. The molecule has 0 radical (unpaired) electrons. The Hall–Kier alpha value is -1.95. The van der Waals surface area contributed by atoms with Crippen LogP contribution in [-0.2, 0) is 0 Å². The Morgan fingerprint density at radius 2 is 1.78 bits per heavy atom. The minimum atomic E-state index is -1.48. The monoisotopic (exact) mass is 253 g/mol. The number of nitrogens with zero attached hydrogens (tertiary/aromatic N) is 2. The molecule has 1 aromatic carbocycles. The normalized spacial score (nSPS) is 12.4. The average Bonchev–Trinajstić information content (AvgIpc) is 2.38. The van der Waals surface area contributed by atoms with E-state index in [1.54, 1.807) is 7.05 Å². The minimum Gasteiger partial charge on any atom is -0.308 e. The van der Waals surface area contributed by atoms with Gasteiger partial charge in [-0.3, -0.25) is 9.97 Å². The van der Waals surface area contributed by atoms with Gasteiger partial charge in [-0.05, 0) is 24.7 Å². The summed E-state index contributed by atoms with van der Waals surface area (Å²) < 4.78 is 39.2. The van der Waals surface area contributed by atoms with Crippen LogP contribution in [-0.4, -0.2) is 17.0 Å². The lowest BCUT2D eigenvalue weighted by Gasteiger charge is -2.16. The lowest BCUT2D eigenvalue weighted by molar-refractivity contribution is 0.443. The van der Waals surface area contributed by atoms with Crippen molar-refractivity contribution < 1.29 is 13.2 Å². The summed E-state index contributed by atoms with van der Waals surface area (Å²) in [7, 11) is 1.61. The molecule has 0 saturated heterocycles. The number of hydrogen-bond donors (Lipinski definition) is 1. The van der Waals surface area contributed by atoms with Gasteiger partial charge < -0.3 is 5.32 Å². The molecule has 1 unspecified atom stereocenters. The molecule has 0 aliphatic carbocycles. The molecule has 1 aromatic heterocycles. The molecule has 6 heteroatoms. The molecule has 18 heavy (non-hydrogen) atoms. The van der Waals surface area contributed by atoms with Crippen molar-refractivity contribution in [3.63, 3.8) is 0 Å². The van der Waals surface area contributed by atoms with Crippen molar-refractivity contribution in [3.05, 3.63) is 59.4 Å². The van der Waals surface area contributed by atoms with Gasteiger partial charge in [0.1, 0.15) is 0 Å². The van der Waals surface area contributed by atoms with Crippen LogP contribution in [0.4, 0.5) is 13.2 Å². The number of aromatic nitrogens is 2. The first-order valence-electron chi connectivity index (χ1n) is 5.21. The first-order chi connectivity index (χ1) is 8.63. The number of halogens is 3. The van der Waals surface area contributed by atoms with Crippen LogP contribution in [0.15, 0.2) is 30.7 Å². The lowest BCUT2D eigenvalue weighted by Crippen LogP contribution is -2.19. The van der Waals surface area contributed by atoms with E-state index >= 15 is 0 Å². The summed E-state index contributed by atoms with van der Waals surface area (Å²) in [6.45, 7) is 0. The fraction of sp³-hybridized carbons (Fsp3) is 0.167. The van der Waals surface area contributed by atoms with Gasteiger partial charge in [0.2, 0.25) is 0 Å². The second kappa shape index (κ2) is 5.14. The molecule has 0 amide bonds. The zero-order valence-electron chi connectivity index (χ0n) is 9.49. The van der Waals surface area contributed by atoms with E-state index in [2.05, 4.69) is 15.3 Å². The van der Waals surface area contributed by atoms with Crippen LogP contribution in [0.2, 0.25) is 0 Å². The summed E-state index contributed by atoms with van der Waals surface area (Å²) in [5.41, 5.74) is 0.736. The zero-order valence-corrected chi connectivity index (χ0v) is 9.49. The van der Waals surface area contributed by atoms with Gasteiger partial charge in [-0.15, -0.1) is 0 Å².